The van der Waals surface area contributed by atoms with E-state index in [9.17, 15) is 22.4 Å². The van der Waals surface area contributed by atoms with E-state index in [1.807, 2.05) is 30.3 Å². The summed E-state index contributed by atoms with van der Waals surface area (Å²) in [7, 11) is -2.34. The van der Waals surface area contributed by atoms with Gasteiger partial charge in [-0.1, -0.05) is 42.5 Å². The standard InChI is InChI=1S/C23H30FN3O5S/c1-26(33(2,31)32)17-22(29)27(16-19-9-11-20(24)12-10-19)21(23(30)25-13-6-14-28)15-18-7-4-3-5-8-18/h3-5,7-12,21,28H,6,13-17H2,1-2H3,(H,25,30). The van der Waals surface area contributed by atoms with E-state index in [0.29, 0.717) is 12.0 Å². The lowest BCUT2D eigenvalue weighted by Crippen LogP contribution is -2.53. The van der Waals surface area contributed by atoms with Crippen LogP contribution in [-0.4, -0.2) is 73.6 Å². The van der Waals surface area contributed by atoms with E-state index in [4.69, 9.17) is 5.11 Å². The molecule has 0 fully saturated rings. The monoisotopic (exact) mass is 479 g/mol. The number of hydrogen-bond donors (Lipinski definition) is 2. The number of aliphatic hydroxyl groups excluding tert-OH is 1. The molecule has 2 aromatic carbocycles. The summed E-state index contributed by atoms with van der Waals surface area (Å²) in [5.74, 6) is -1.42. The van der Waals surface area contributed by atoms with Crippen molar-refractivity contribution in [2.45, 2.75) is 25.4 Å². The minimum atomic E-state index is -3.62. The molecular formula is C23H30FN3O5S. The van der Waals surface area contributed by atoms with Gasteiger partial charge in [-0.25, -0.2) is 12.8 Å². The van der Waals surface area contributed by atoms with Crippen molar-refractivity contribution in [1.82, 2.24) is 14.5 Å². The van der Waals surface area contributed by atoms with Gasteiger partial charge in [0.25, 0.3) is 0 Å². The highest BCUT2D eigenvalue weighted by atomic mass is 32.2. The van der Waals surface area contributed by atoms with Crippen molar-refractivity contribution < 1.29 is 27.5 Å². The van der Waals surface area contributed by atoms with Crippen molar-refractivity contribution in [2.24, 2.45) is 0 Å². The Morgan fingerprint density at radius 3 is 2.27 bits per heavy atom. The van der Waals surface area contributed by atoms with Gasteiger partial charge in [0.15, 0.2) is 0 Å². The molecule has 10 heteroatoms. The van der Waals surface area contributed by atoms with Crippen LogP contribution in [0.15, 0.2) is 54.6 Å². The van der Waals surface area contributed by atoms with E-state index in [2.05, 4.69) is 5.32 Å². The summed E-state index contributed by atoms with van der Waals surface area (Å²) in [5.41, 5.74) is 1.40. The van der Waals surface area contributed by atoms with Gasteiger partial charge in [-0.3, -0.25) is 9.59 Å². The molecule has 33 heavy (non-hydrogen) atoms. The second kappa shape index (κ2) is 12.4. The average Bonchev–Trinajstić information content (AvgIpc) is 2.77. The Kier molecular flexibility index (Phi) is 9.95. The van der Waals surface area contributed by atoms with Crippen LogP contribution in [0.3, 0.4) is 0 Å². The molecule has 0 aliphatic rings. The first-order valence-electron chi connectivity index (χ1n) is 10.5. The van der Waals surface area contributed by atoms with E-state index in [-0.39, 0.29) is 26.1 Å². The lowest BCUT2D eigenvalue weighted by molar-refractivity contribution is -0.141. The molecule has 0 aliphatic heterocycles. The number of carbonyl (C=O) groups excluding carboxylic acids is 2. The van der Waals surface area contributed by atoms with Crippen molar-refractivity contribution in [3.8, 4) is 0 Å². The molecule has 2 amide bonds. The number of halogens is 1. The van der Waals surface area contributed by atoms with Gasteiger partial charge in [0.1, 0.15) is 11.9 Å². The molecule has 1 unspecified atom stereocenters. The van der Waals surface area contributed by atoms with Crippen molar-refractivity contribution in [3.63, 3.8) is 0 Å². The van der Waals surface area contributed by atoms with Gasteiger partial charge in [0.05, 0.1) is 12.8 Å². The van der Waals surface area contributed by atoms with Crippen LogP contribution < -0.4 is 5.32 Å². The molecule has 0 spiro atoms. The summed E-state index contributed by atoms with van der Waals surface area (Å²) in [5, 5.41) is 11.8. The lowest BCUT2D eigenvalue weighted by Gasteiger charge is -2.32. The van der Waals surface area contributed by atoms with Gasteiger partial charge in [-0.05, 0) is 29.7 Å². The molecule has 8 nitrogen and oxygen atoms in total. The fraction of sp³-hybridized carbons (Fsp3) is 0.391. The van der Waals surface area contributed by atoms with Crippen LogP contribution in [0.1, 0.15) is 17.5 Å². The minimum Gasteiger partial charge on any atom is -0.396 e. The van der Waals surface area contributed by atoms with E-state index in [0.717, 1.165) is 16.1 Å². The summed E-state index contributed by atoms with van der Waals surface area (Å²) in [6.07, 6.45) is 1.54. The number of benzene rings is 2. The van der Waals surface area contributed by atoms with Gasteiger partial charge >= 0.3 is 0 Å². The number of hydrogen-bond acceptors (Lipinski definition) is 5. The number of rotatable bonds is 12. The van der Waals surface area contributed by atoms with Gasteiger partial charge < -0.3 is 15.3 Å². The first-order chi connectivity index (χ1) is 15.6. The highest BCUT2D eigenvalue weighted by Crippen LogP contribution is 2.16. The fourth-order valence-electron chi connectivity index (χ4n) is 3.15. The first kappa shape index (κ1) is 26.4. The van der Waals surface area contributed by atoms with Gasteiger partial charge in [0.2, 0.25) is 21.8 Å². The number of nitrogens with zero attached hydrogens (tertiary/aromatic N) is 2. The molecule has 2 rings (SSSR count). The van der Waals surface area contributed by atoms with Gasteiger partial charge in [0, 0.05) is 33.2 Å². The molecule has 0 aliphatic carbocycles. The van der Waals surface area contributed by atoms with Crippen LogP contribution in [-0.2, 0) is 32.6 Å². The van der Waals surface area contributed by atoms with Crippen molar-refractivity contribution >= 4 is 21.8 Å². The normalized spacial score (nSPS) is 12.4. The summed E-state index contributed by atoms with van der Waals surface area (Å²) in [6, 6.07) is 13.7. The molecule has 180 valence electrons. The van der Waals surface area contributed by atoms with Gasteiger partial charge in [-0.2, -0.15) is 4.31 Å². The lowest BCUT2D eigenvalue weighted by atomic mass is 10.0. The zero-order valence-corrected chi connectivity index (χ0v) is 19.6. The van der Waals surface area contributed by atoms with Crippen LogP contribution in [0.4, 0.5) is 4.39 Å². The Morgan fingerprint density at radius 2 is 1.70 bits per heavy atom. The van der Waals surface area contributed by atoms with Crippen molar-refractivity contribution in [3.05, 3.63) is 71.5 Å². The van der Waals surface area contributed by atoms with Gasteiger partial charge in [-0.15, -0.1) is 0 Å². The van der Waals surface area contributed by atoms with Crippen LogP contribution in [0.25, 0.3) is 0 Å². The number of sulfonamides is 1. The Morgan fingerprint density at radius 1 is 1.06 bits per heavy atom. The molecule has 0 aromatic heterocycles. The summed E-state index contributed by atoms with van der Waals surface area (Å²) < 4.78 is 38.0. The maximum Gasteiger partial charge on any atom is 0.243 e. The topological polar surface area (TPSA) is 107 Å². The predicted molar refractivity (Wildman–Crippen MR) is 123 cm³/mol. The van der Waals surface area contributed by atoms with E-state index in [1.54, 1.807) is 0 Å². The third-order valence-corrected chi connectivity index (χ3v) is 6.36. The van der Waals surface area contributed by atoms with Crippen LogP contribution in [0, 0.1) is 5.82 Å². The predicted octanol–water partition coefficient (Wildman–Crippen LogP) is 1.16. The zero-order valence-electron chi connectivity index (χ0n) is 18.8. The number of likely N-dealkylation sites (N-methyl/N-ethyl adjacent to an activating group) is 1. The number of aliphatic hydroxyl groups is 1. The Bertz CT molecular complexity index is 1020. The first-order valence-corrected chi connectivity index (χ1v) is 12.3. The molecule has 0 radical (unpaired) electrons. The third kappa shape index (κ3) is 8.56. The fourth-order valence-corrected chi connectivity index (χ4v) is 3.49. The number of nitrogens with one attached hydrogen (secondary N) is 1. The maximum absolute atomic E-state index is 13.4. The van der Waals surface area contributed by atoms with Crippen molar-refractivity contribution in [2.75, 3.05) is 33.0 Å². The summed E-state index contributed by atoms with van der Waals surface area (Å²) >= 11 is 0. The van der Waals surface area contributed by atoms with Crippen LogP contribution >= 0.6 is 0 Å². The van der Waals surface area contributed by atoms with Crippen LogP contribution in [0.2, 0.25) is 0 Å². The van der Waals surface area contributed by atoms with E-state index in [1.165, 1.54) is 36.2 Å². The zero-order chi connectivity index (χ0) is 24.4. The Labute approximate surface area is 194 Å². The Hall–Kier alpha value is -2.82. The SMILES string of the molecule is CN(CC(=O)N(Cc1ccc(F)cc1)C(Cc1ccccc1)C(=O)NCCCO)S(C)(=O)=O. The average molecular weight is 480 g/mol. The maximum atomic E-state index is 13.4. The van der Waals surface area contributed by atoms with E-state index < -0.39 is 40.2 Å². The molecule has 0 heterocycles. The van der Waals surface area contributed by atoms with Crippen LogP contribution in [0.5, 0.6) is 0 Å². The Balaban J connectivity index is 2.40. The highest BCUT2D eigenvalue weighted by Gasteiger charge is 2.31. The number of carbonyl (C=O) groups is 2. The molecule has 1 atom stereocenters. The molecule has 2 aromatic rings. The molecule has 2 N–H and O–H groups in total. The quantitative estimate of drug-likeness (QED) is 0.444. The second-order valence-corrected chi connectivity index (χ2v) is 9.83. The molecule has 0 saturated carbocycles. The minimum absolute atomic E-state index is 0.0123. The van der Waals surface area contributed by atoms with E-state index >= 15 is 0 Å². The third-order valence-electron chi connectivity index (χ3n) is 5.10. The summed E-state index contributed by atoms with van der Waals surface area (Å²) in [6.45, 7) is -0.333. The molecular weight excluding hydrogens is 449 g/mol. The molecule has 0 bridgehead atoms. The second-order valence-electron chi connectivity index (χ2n) is 7.74. The summed E-state index contributed by atoms with van der Waals surface area (Å²) in [4.78, 5) is 27.7. The molecule has 0 saturated heterocycles. The number of amides is 2. The smallest absolute Gasteiger partial charge is 0.243 e. The van der Waals surface area contributed by atoms with Crippen molar-refractivity contribution in [1.29, 1.82) is 0 Å². The largest absolute Gasteiger partial charge is 0.396 e. The highest BCUT2D eigenvalue weighted by molar-refractivity contribution is 7.88.